The quantitative estimate of drug-likeness (QED) is 0.199. The van der Waals surface area contributed by atoms with Gasteiger partial charge in [0.25, 0.3) is 0 Å². The standard InChI is InChI=1S/C33H40Cl2N2O4/c1-5-23(4)36-33(39)29(20-24-11-9-8-10-12-24)37(22-26-13-16-27(34)28(35)19-26)32(38)18-15-25-14-17-30(40-6-2)31(21-25)41-7-3/h8-14,16-17,19,21,23,29H,5-7,15,18,20,22H2,1-4H3,(H,36,39)/t23-,29+/m1/s1. The molecule has 0 aliphatic carbocycles. The first kappa shape index (κ1) is 32.3. The Morgan fingerprint density at radius 3 is 2.17 bits per heavy atom. The Balaban J connectivity index is 1.93. The first-order valence-electron chi connectivity index (χ1n) is 14.2. The number of benzene rings is 3. The molecule has 0 aliphatic rings. The zero-order valence-corrected chi connectivity index (χ0v) is 25.8. The van der Waals surface area contributed by atoms with Crippen molar-refractivity contribution in [2.24, 2.45) is 0 Å². The molecule has 41 heavy (non-hydrogen) atoms. The molecule has 0 heterocycles. The minimum atomic E-state index is -0.715. The lowest BCUT2D eigenvalue weighted by Crippen LogP contribution is -2.52. The second kappa shape index (κ2) is 16.3. The van der Waals surface area contributed by atoms with Crippen molar-refractivity contribution in [3.8, 4) is 11.5 Å². The van der Waals surface area contributed by atoms with Crippen LogP contribution in [0.1, 0.15) is 57.2 Å². The van der Waals surface area contributed by atoms with E-state index in [0.29, 0.717) is 47.6 Å². The predicted octanol–water partition coefficient (Wildman–Crippen LogP) is 7.28. The van der Waals surface area contributed by atoms with Gasteiger partial charge in [-0.2, -0.15) is 0 Å². The van der Waals surface area contributed by atoms with Crippen LogP contribution in [0.15, 0.2) is 66.7 Å². The van der Waals surface area contributed by atoms with Crippen molar-refractivity contribution >= 4 is 35.0 Å². The maximum absolute atomic E-state index is 14.0. The van der Waals surface area contributed by atoms with Gasteiger partial charge in [0.2, 0.25) is 11.8 Å². The molecule has 0 unspecified atom stereocenters. The smallest absolute Gasteiger partial charge is 0.243 e. The van der Waals surface area contributed by atoms with Crippen LogP contribution in [0.5, 0.6) is 11.5 Å². The molecule has 220 valence electrons. The van der Waals surface area contributed by atoms with E-state index in [-0.39, 0.29) is 30.8 Å². The number of hydrogen-bond acceptors (Lipinski definition) is 4. The molecule has 0 aliphatic heterocycles. The van der Waals surface area contributed by atoms with E-state index < -0.39 is 6.04 Å². The van der Waals surface area contributed by atoms with E-state index >= 15 is 0 Å². The molecule has 6 nitrogen and oxygen atoms in total. The summed E-state index contributed by atoms with van der Waals surface area (Å²) in [5.41, 5.74) is 2.71. The molecule has 3 aromatic rings. The van der Waals surface area contributed by atoms with Crippen molar-refractivity contribution in [1.29, 1.82) is 0 Å². The monoisotopic (exact) mass is 598 g/mol. The van der Waals surface area contributed by atoms with Crippen molar-refractivity contribution in [3.63, 3.8) is 0 Å². The molecule has 0 aromatic heterocycles. The topological polar surface area (TPSA) is 67.9 Å². The lowest BCUT2D eigenvalue weighted by Gasteiger charge is -2.32. The van der Waals surface area contributed by atoms with Crippen molar-refractivity contribution in [1.82, 2.24) is 10.2 Å². The van der Waals surface area contributed by atoms with E-state index in [0.717, 1.165) is 23.1 Å². The van der Waals surface area contributed by atoms with E-state index in [1.807, 2.05) is 82.3 Å². The van der Waals surface area contributed by atoms with Crippen LogP contribution in [0.4, 0.5) is 0 Å². The zero-order chi connectivity index (χ0) is 29.8. The van der Waals surface area contributed by atoms with Gasteiger partial charge in [0.05, 0.1) is 23.3 Å². The maximum atomic E-state index is 14.0. The van der Waals surface area contributed by atoms with Crippen LogP contribution in [0.25, 0.3) is 0 Å². The molecular weight excluding hydrogens is 559 g/mol. The second-order valence-corrected chi connectivity index (χ2v) is 10.8. The van der Waals surface area contributed by atoms with Gasteiger partial charge < -0.3 is 19.7 Å². The average Bonchev–Trinajstić information content (AvgIpc) is 2.97. The first-order chi connectivity index (χ1) is 19.7. The number of hydrogen-bond donors (Lipinski definition) is 1. The average molecular weight is 600 g/mol. The Bertz CT molecular complexity index is 1290. The largest absolute Gasteiger partial charge is 0.490 e. The molecule has 3 aromatic carbocycles. The van der Waals surface area contributed by atoms with E-state index in [1.165, 1.54) is 0 Å². The molecule has 0 saturated heterocycles. The number of carbonyl (C=O) groups excluding carboxylic acids is 2. The Kier molecular flexibility index (Phi) is 12.8. The highest BCUT2D eigenvalue weighted by molar-refractivity contribution is 6.42. The van der Waals surface area contributed by atoms with Gasteiger partial charge in [0.15, 0.2) is 11.5 Å². The summed E-state index contributed by atoms with van der Waals surface area (Å²) in [6.07, 6.45) is 1.86. The zero-order valence-electron chi connectivity index (χ0n) is 24.3. The summed E-state index contributed by atoms with van der Waals surface area (Å²) in [7, 11) is 0. The second-order valence-electron chi connectivity index (χ2n) is 9.94. The number of nitrogens with zero attached hydrogens (tertiary/aromatic N) is 1. The maximum Gasteiger partial charge on any atom is 0.243 e. The normalized spacial score (nSPS) is 12.3. The van der Waals surface area contributed by atoms with E-state index in [4.69, 9.17) is 32.7 Å². The van der Waals surface area contributed by atoms with Crippen molar-refractivity contribution in [2.45, 2.75) is 72.0 Å². The highest BCUT2D eigenvalue weighted by atomic mass is 35.5. The fraction of sp³-hybridized carbons (Fsp3) is 0.394. The molecular formula is C33H40Cl2N2O4. The van der Waals surface area contributed by atoms with Gasteiger partial charge in [0, 0.05) is 25.4 Å². The number of nitrogens with one attached hydrogen (secondary N) is 1. The van der Waals surface area contributed by atoms with Crippen molar-refractivity contribution in [3.05, 3.63) is 93.5 Å². The van der Waals surface area contributed by atoms with Gasteiger partial charge in [-0.15, -0.1) is 0 Å². The highest BCUT2D eigenvalue weighted by Crippen LogP contribution is 2.29. The summed E-state index contributed by atoms with van der Waals surface area (Å²) in [5, 5.41) is 3.93. The van der Waals surface area contributed by atoms with Crippen LogP contribution in [0.3, 0.4) is 0 Å². The third kappa shape index (κ3) is 9.68. The molecule has 2 atom stereocenters. The molecule has 3 rings (SSSR count). The van der Waals surface area contributed by atoms with Gasteiger partial charge >= 0.3 is 0 Å². The SMILES string of the molecule is CCOc1ccc(CCC(=O)N(Cc2ccc(Cl)c(Cl)c2)[C@@H](Cc2ccccc2)C(=O)N[C@H](C)CC)cc1OCC. The Morgan fingerprint density at radius 1 is 0.829 bits per heavy atom. The van der Waals surface area contributed by atoms with Crippen molar-refractivity contribution < 1.29 is 19.1 Å². The van der Waals surface area contributed by atoms with Gasteiger partial charge in [-0.05, 0) is 74.6 Å². The minimum Gasteiger partial charge on any atom is -0.490 e. The Morgan fingerprint density at radius 2 is 1.51 bits per heavy atom. The van der Waals surface area contributed by atoms with Crippen LogP contribution in [0, 0.1) is 0 Å². The van der Waals surface area contributed by atoms with Crippen LogP contribution in [-0.2, 0) is 29.0 Å². The molecule has 0 spiro atoms. The molecule has 8 heteroatoms. The molecule has 0 bridgehead atoms. The number of halogens is 2. The van der Waals surface area contributed by atoms with Crippen molar-refractivity contribution in [2.75, 3.05) is 13.2 Å². The van der Waals surface area contributed by atoms with Gasteiger partial charge in [-0.1, -0.05) is 72.6 Å². The first-order valence-corrected chi connectivity index (χ1v) is 15.0. The summed E-state index contributed by atoms with van der Waals surface area (Å²) < 4.78 is 11.5. The summed E-state index contributed by atoms with van der Waals surface area (Å²) in [5.74, 6) is 1.01. The van der Waals surface area contributed by atoms with Gasteiger partial charge in [-0.3, -0.25) is 9.59 Å². The summed E-state index contributed by atoms with van der Waals surface area (Å²) in [6, 6.07) is 20.0. The summed E-state index contributed by atoms with van der Waals surface area (Å²) >= 11 is 12.5. The third-order valence-electron chi connectivity index (χ3n) is 6.84. The van der Waals surface area contributed by atoms with Crippen LogP contribution in [0.2, 0.25) is 10.0 Å². The lowest BCUT2D eigenvalue weighted by molar-refractivity contribution is -0.141. The van der Waals surface area contributed by atoms with E-state index in [9.17, 15) is 9.59 Å². The van der Waals surface area contributed by atoms with Crippen LogP contribution < -0.4 is 14.8 Å². The molecule has 1 N–H and O–H groups in total. The number of amides is 2. The lowest BCUT2D eigenvalue weighted by atomic mass is 10.0. The van der Waals surface area contributed by atoms with E-state index in [1.54, 1.807) is 17.0 Å². The minimum absolute atomic E-state index is 0.0245. The fourth-order valence-corrected chi connectivity index (χ4v) is 4.80. The molecule has 0 saturated carbocycles. The Labute approximate surface area is 253 Å². The number of rotatable bonds is 15. The Hall–Kier alpha value is -3.22. The highest BCUT2D eigenvalue weighted by Gasteiger charge is 2.31. The molecule has 0 fully saturated rings. The fourth-order valence-electron chi connectivity index (χ4n) is 4.48. The molecule has 2 amide bonds. The van der Waals surface area contributed by atoms with E-state index in [2.05, 4.69) is 5.32 Å². The predicted molar refractivity (Wildman–Crippen MR) is 166 cm³/mol. The molecule has 0 radical (unpaired) electrons. The number of carbonyl (C=O) groups is 2. The third-order valence-corrected chi connectivity index (χ3v) is 7.58. The van der Waals surface area contributed by atoms with Gasteiger partial charge in [0.1, 0.15) is 6.04 Å². The van der Waals surface area contributed by atoms with Gasteiger partial charge in [-0.25, -0.2) is 0 Å². The number of ether oxygens (including phenoxy) is 2. The summed E-state index contributed by atoms with van der Waals surface area (Å²) in [4.78, 5) is 29.3. The van der Waals surface area contributed by atoms with Crippen LogP contribution >= 0.6 is 23.2 Å². The summed E-state index contributed by atoms with van der Waals surface area (Å²) in [6.45, 7) is 9.08. The number of aryl methyl sites for hydroxylation is 1. The van der Waals surface area contributed by atoms with Crippen LogP contribution in [-0.4, -0.2) is 42.0 Å².